The second-order valence-electron chi connectivity index (χ2n) is 3.59. The van der Waals surface area contributed by atoms with Gasteiger partial charge >= 0.3 is 0 Å². The molecule has 17 heavy (non-hydrogen) atoms. The van der Waals surface area contributed by atoms with E-state index in [0.717, 1.165) is 20.5 Å². The third kappa shape index (κ3) is 4.15. The molecule has 0 atom stereocenters. The maximum Gasteiger partial charge on any atom is 0.0570 e. The third-order valence-electron chi connectivity index (χ3n) is 2.24. The van der Waals surface area contributed by atoms with Crippen molar-refractivity contribution in [1.29, 1.82) is 0 Å². The molecule has 0 spiro atoms. The molecule has 0 saturated heterocycles. The van der Waals surface area contributed by atoms with E-state index in [1.807, 2.05) is 42.5 Å². The zero-order chi connectivity index (χ0) is 12.1. The molecular weight excluding hydrogens is 268 g/mol. The zero-order valence-corrected chi connectivity index (χ0v) is 11.5. The maximum absolute atomic E-state index is 5.84. The first-order valence-corrected chi connectivity index (χ1v) is 6.84. The summed E-state index contributed by atoms with van der Waals surface area (Å²) in [6, 6.07) is 18.0. The number of halogens is 1. The third-order valence-corrected chi connectivity index (χ3v) is 3.76. The van der Waals surface area contributed by atoms with Gasteiger partial charge in [-0.25, -0.2) is 0 Å². The molecule has 0 aliphatic heterocycles. The first-order chi connectivity index (χ1) is 8.24. The first kappa shape index (κ1) is 12.6. The molecule has 0 unspecified atom stereocenters. The Hall–Kier alpha value is -0.830. The van der Waals surface area contributed by atoms with E-state index in [1.54, 1.807) is 11.8 Å². The van der Waals surface area contributed by atoms with Crippen LogP contribution >= 0.6 is 35.6 Å². The van der Waals surface area contributed by atoms with Crippen LogP contribution in [0, 0.1) is 0 Å². The number of hydrogen-bond acceptors (Lipinski definition) is 2. The molecule has 3 heteroatoms. The lowest BCUT2D eigenvalue weighted by Crippen LogP contribution is -1.94. The monoisotopic (exact) mass is 278 g/mol. The van der Waals surface area contributed by atoms with Gasteiger partial charge in [0.05, 0.1) is 4.20 Å². The summed E-state index contributed by atoms with van der Waals surface area (Å²) in [6.45, 7) is 0. The van der Waals surface area contributed by atoms with Gasteiger partial charge in [-0.05, 0) is 29.8 Å². The molecule has 86 valence electrons. The van der Waals surface area contributed by atoms with Crippen molar-refractivity contribution in [2.75, 3.05) is 0 Å². The van der Waals surface area contributed by atoms with E-state index in [2.05, 4.69) is 12.1 Å². The van der Waals surface area contributed by atoms with Crippen molar-refractivity contribution in [1.82, 2.24) is 0 Å². The molecule has 0 saturated carbocycles. The van der Waals surface area contributed by atoms with E-state index < -0.39 is 0 Å². The lowest BCUT2D eigenvalue weighted by Gasteiger charge is -2.04. The van der Waals surface area contributed by atoms with Crippen LogP contribution in [-0.4, -0.2) is 4.20 Å². The normalized spacial score (nSPS) is 10.2. The molecule has 0 aliphatic carbocycles. The van der Waals surface area contributed by atoms with Gasteiger partial charge in [0.15, 0.2) is 0 Å². The van der Waals surface area contributed by atoms with Gasteiger partial charge in [0.2, 0.25) is 0 Å². The number of benzene rings is 2. The molecule has 0 fully saturated rings. The van der Waals surface area contributed by atoms with E-state index >= 15 is 0 Å². The van der Waals surface area contributed by atoms with Crippen LogP contribution in [0.5, 0.6) is 0 Å². The van der Waals surface area contributed by atoms with Crippen LogP contribution < -0.4 is 0 Å². The summed E-state index contributed by atoms with van der Waals surface area (Å²) in [5.41, 5.74) is 1.25. The van der Waals surface area contributed by atoms with Crippen molar-refractivity contribution in [3.63, 3.8) is 0 Å². The average molecular weight is 279 g/mol. The Balaban J connectivity index is 1.96. The highest BCUT2D eigenvalue weighted by Crippen LogP contribution is 2.23. The molecule has 0 heterocycles. The van der Waals surface area contributed by atoms with Gasteiger partial charge in [0.25, 0.3) is 0 Å². The van der Waals surface area contributed by atoms with Gasteiger partial charge in [-0.2, -0.15) is 0 Å². The van der Waals surface area contributed by atoms with Crippen molar-refractivity contribution in [3.8, 4) is 0 Å². The van der Waals surface area contributed by atoms with Crippen LogP contribution in [0.25, 0.3) is 0 Å². The number of thioether (sulfide) groups is 1. The van der Waals surface area contributed by atoms with Crippen molar-refractivity contribution in [2.24, 2.45) is 0 Å². The molecular formula is C14H11ClS2. The Bertz CT molecular complexity index is 491. The standard InChI is InChI=1S/C14H11ClS2/c15-12-6-8-13(9-7-12)17-14(16)10-11-4-2-1-3-5-11/h1-9H,10H2. The van der Waals surface area contributed by atoms with Gasteiger partial charge in [0, 0.05) is 16.3 Å². The number of hydrogen-bond donors (Lipinski definition) is 0. The van der Waals surface area contributed by atoms with Crippen LogP contribution in [0.15, 0.2) is 59.5 Å². The molecule has 0 aromatic heterocycles. The predicted octanol–water partition coefficient (Wildman–Crippen LogP) is 5.00. The predicted molar refractivity (Wildman–Crippen MR) is 80.1 cm³/mol. The quantitative estimate of drug-likeness (QED) is 0.572. The van der Waals surface area contributed by atoms with Crippen LogP contribution in [0.4, 0.5) is 0 Å². The van der Waals surface area contributed by atoms with Gasteiger partial charge in [-0.1, -0.05) is 65.9 Å². The second-order valence-corrected chi connectivity index (χ2v) is 5.95. The molecule has 2 aromatic rings. The molecule has 0 radical (unpaired) electrons. The van der Waals surface area contributed by atoms with E-state index in [-0.39, 0.29) is 0 Å². The molecule has 2 aromatic carbocycles. The van der Waals surface area contributed by atoms with E-state index in [9.17, 15) is 0 Å². The molecule has 2 rings (SSSR count). The fourth-order valence-corrected chi connectivity index (χ4v) is 2.79. The molecule has 0 amide bonds. The number of rotatable bonds is 3. The fraction of sp³-hybridized carbons (Fsp3) is 0.0714. The van der Waals surface area contributed by atoms with Crippen molar-refractivity contribution in [2.45, 2.75) is 11.3 Å². The Labute approximate surface area is 116 Å². The summed E-state index contributed by atoms with van der Waals surface area (Å²) in [5.74, 6) is 0. The minimum atomic E-state index is 0.753. The topological polar surface area (TPSA) is 0 Å². The SMILES string of the molecule is S=C(Cc1ccccc1)Sc1ccc(Cl)cc1. The summed E-state index contributed by atoms with van der Waals surface area (Å²) in [4.78, 5) is 1.13. The molecule has 0 aliphatic rings. The largest absolute Gasteiger partial charge is 0.0843 e. The van der Waals surface area contributed by atoms with Crippen LogP contribution in [0.2, 0.25) is 5.02 Å². The summed E-state index contributed by atoms with van der Waals surface area (Å²) in [5, 5.41) is 0.753. The van der Waals surface area contributed by atoms with Crippen LogP contribution in [-0.2, 0) is 6.42 Å². The summed E-state index contributed by atoms with van der Waals surface area (Å²) in [6.07, 6.45) is 0.823. The minimum Gasteiger partial charge on any atom is -0.0843 e. The number of thiocarbonyl (C=S) groups is 1. The summed E-state index contributed by atoms with van der Waals surface area (Å²) in [7, 11) is 0. The van der Waals surface area contributed by atoms with Crippen molar-refractivity contribution >= 4 is 39.8 Å². The summed E-state index contributed by atoms with van der Waals surface area (Å²) >= 11 is 12.8. The summed E-state index contributed by atoms with van der Waals surface area (Å²) < 4.78 is 0.971. The van der Waals surface area contributed by atoms with E-state index in [0.29, 0.717) is 0 Å². The minimum absolute atomic E-state index is 0.753. The Morgan fingerprint density at radius 1 is 1.00 bits per heavy atom. The second kappa shape index (κ2) is 6.20. The van der Waals surface area contributed by atoms with Crippen LogP contribution in [0.3, 0.4) is 0 Å². The van der Waals surface area contributed by atoms with Gasteiger partial charge in [-0.3, -0.25) is 0 Å². The van der Waals surface area contributed by atoms with Gasteiger partial charge < -0.3 is 0 Å². The first-order valence-electron chi connectivity index (χ1n) is 5.24. The average Bonchev–Trinajstić information content (AvgIpc) is 2.33. The fourth-order valence-electron chi connectivity index (χ4n) is 1.43. The Kier molecular flexibility index (Phi) is 4.60. The highest BCUT2D eigenvalue weighted by Gasteiger charge is 2.02. The van der Waals surface area contributed by atoms with Crippen LogP contribution in [0.1, 0.15) is 5.56 Å². The maximum atomic E-state index is 5.84. The van der Waals surface area contributed by atoms with Crippen molar-refractivity contribution < 1.29 is 0 Å². The lowest BCUT2D eigenvalue weighted by molar-refractivity contribution is 1.37. The van der Waals surface area contributed by atoms with E-state index in [1.165, 1.54) is 5.56 Å². The van der Waals surface area contributed by atoms with E-state index in [4.69, 9.17) is 23.8 Å². The zero-order valence-electron chi connectivity index (χ0n) is 9.10. The Morgan fingerprint density at radius 3 is 2.29 bits per heavy atom. The molecule has 0 N–H and O–H groups in total. The Morgan fingerprint density at radius 2 is 1.65 bits per heavy atom. The highest BCUT2D eigenvalue weighted by atomic mass is 35.5. The smallest absolute Gasteiger partial charge is 0.0570 e. The molecule has 0 nitrogen and oxygen atoms in total. The van der Waals surface area contributed by atoms with Crippen molar-refractivity contribution in [3.05, 3.63) is 65.2 Å². The molecule has 0 bridgehead atoms. The van der Waals surface area contributed by atoms with Gasteiger partial charge in [-0.15, -0.1) is 0 Å². The van der Waals surface area contributed by atoms with Gasteiger partial charge in [0.1, 0.15) is 0 Å². The lowest BCUT2D eigenvalue weighted by atomic mass is 10.2. The highest BCUT2D eigenvalue weighted by molar-refractivity contribution is 8.23.